The van der Waals surface area contributed by atoms with E-state index >= 15 is 0 Å². The molecule has 25 heavy (non-hydrogen) atoms. The number of rotatable bonds is 7. The van der Waals surface area contributed by atoms with E-state index in [4.69, 9.17) is 9.73 Å². The van der Waals surface area contributed by atoms with Crippen molar-refractivity contribution >= 4 is 29.9 Å². The van der Waals surface area contributed by atoms with Gasteiger partial charge in [-0.15, -0.1) is 24.0 Å². The Balaban J connectivity index is 0.00000312. The summed E-state index contributed by atoms with van der Waals surface area (Å²) in [4.78, 5) is 7.36. The van der Waals surface area contributed by atoms with Gasteiger partial charge in [-0.2, -0.15) is 0 Å². The second-order valence-corrected chi connectivity index (χ2v) is 7.52. The van der Waals surface area contributed by atoms with Crippen LogP contribution in [0.15, 0.2) is 4.99 Å². The van der Waals surface area contributed by atoms with E-state index in [1.807, 2.05) is 0 Å². The highest BCUT2D eigenvalue weighted by atomic mass is 127. The van der Waals surface area contributed by atoms with Gasteiger partial charge in [0.25, 0.3) is 0 Å². The number of nitrogens with one attached hydrogen (secondary N) is 2. The zero-order chi connectivity index (χ0) is 17.2. The maximum absolute atomic E-state index is 5.42. The molecule has 3 atom stereocenters. The Morgan fingerprint density at radius 2 is 2.00 bits per heavy atom. The number of nitrogens with zero attached hydrogens (tertiary/aromatic N) is 2. The van der Waals surface area contributed by atoms with Gasteiger partial charge < -0.3 is 15.4 Å². The van der Waals surface area contributed by atoms with Crippen LogP contribution in [0, 0.1) is 11.8 Å². The zero-order valence-electron chi connectivity index (χ0n) is 16.4. The highest BCUT2D eigenvalue weighted by Gasteiger charge is 2.21. The zero-order valence-corrected chi connectivity index (χ0v) is 18.8. The molecule has 5 nitrogen and oxygen atoms in total. The molecule has 0 aromatic rings. The first kappa shape index (κ1) is 23.0. The van der Waals surface area contributed by atoms with Gasteiger partial charge in [-0.25, -0.2) is 0 Å². The molecule has 0 bridgehead atoms. The Labute approximate surface area is 171 Å². The Morgan fingerprint density at radius 1 is 1.24 bits per heavy atom. The summed E-state index contributed by atoms with van der Waals surface area (Å²) >= 11 is 0. The van der Waals surface area contributed by atoms with Gasteiger partial charge in [0.15, 0.2) is 5.96 Å². The van der Waals surface area contributed by atoms with Crippen LogP contribution in [0.2, 0.25) is 0 Å². The maximum Gasteiger partial charge on any atom is 0.191 e. The van der Waals surface area contributed by atoms with Gasteiger partial charge >= 0.3 is 0 Å². The van der Waals surface area contributed by atoms with Gasteiger partial charge in [-0.1, -0.05) is 33.1 Å². The van der Waals surface area contributed by atoms with Crippen molar-refractivity contribution in [2.24, 2.45) is 16.8 Å². The lowest BCUT2D eigenvalue weighted by Crippen LogP contribution is -2.45. The molecule has 0 radical (unpaired) electrons. The highest BCUT2D eigenvalue weighted by molar-refractivity contribution is 14.0. The van der Waals surface area contributed by atoms with Crippen LogP contribution in [0.1, 0.15) is 52.9 Å². The maximum atomic E-state index is 5.42. The molecule has 0 aromatic heterocycles. The van der Waals surface area contributed by atoms with Gasteiger partial charge in [0.2, 0.25) is 0 Å². The fourth-order valence-corrected chi connectivity index (χ4v) is 3.84. The summed E-state index contributed by atoms with van der Waals surface area (Å²) in [5.41, 5.74) is 0. The fraction of sp³-hybridized carbons (Fsp3) is 0.947. The van der Waals surface area contributed by atoms with Gasteiger partial charge in [0.1, 0.15) is 0 Å². The molecular weight excluding hydrogens is 427 g/mol. The minimum Gasteiger partial charge on any atom is -0.379 e. The molecule has 0 spiro atoms. The van der Waals surface area contributed by atoms with Crippen LogP contribution in [-0.4, -0.2) is 62.8 Å². The average molecular weight is 466 g/mol. The smallest absolute Gasteiger partial charge is 0.191 e. The van der Waals surface area contributed by atoms with Crippen LogP contribution in [0.5, 0.6) is 0 Å². The van der Waals surface area contributed by atoms with Crippen molar-refractivity contribution in [1.82, 2.24) is 15.5 Å². The Bertz CT molecular complexity index is 374. The normalized spacial score (nSPS) is 26.6. The van der Waals surface area contributed by atoms with Crippen molar-refractivity contribution < 1.29 is 4.74 Å². The lowest BCUT2D eigenvalue weighted by Gasteiger charge is -2.30. The first-order chi connectivity index (χ1) is 11.7. The van der Waals surface area contributed by atoms with Crippen LogP contribution in [-0.2, 0) is 4.74 Å². The first-order valence-corrected chi connectivity index (χ1v) is 10.1. The second kappa shape index (κ2) is 13.1. The lowest BCUT2D eigenvalue weighted by atomic mass is 9.84. The predicted molar refractivity (Wildman–Crippen MR) is 117 cm³/mol. The number of halogens is 1. The molecule has 0 aromatic carbocycles. The molecule has 1 aliphatic carbocycles. The third-order valence-electron chi connectivity index (χ3n) is 5.28. The van der Waals surface area contributed by atoms with Gasteiger partial charge in [0, 0.05) is 38.8 Å². The summed E-state index contributed by atoms with van der Waals surface area (Å²) in [6.07, 6.45) is 6.64. The van der Waals surface area contributed by atoms with E-state index in [0.717, 1.165) is 57.8 Å². The highest BCUT2D eigenvalue weighted by Crippen LogP contribution is 2.26. The molecule has 1 aliphatic heterocycles. The quantitative estimate of drug-likeness (QED) is 0.344. The minimum absolute atomic E-state index is 0. The van der Waals surface area contributed by atoms with Crippen LogP contribution in [0.4, 0.5) is 0 Å². The number of morpholine rings is 1. The van der Waals surface area contributed by atoms with Crippen molar-refractivity contribution in [2.75, 3.05) is 45.9 Å². The summed E-state index contributed by atoms with van der Waals surface area (Å²) in [6, 6.07) is 0.594. The topological polar surface area (TPSA) is 48.9 Å². The second-order valence-electron chi connectivity index (χ2n) is 7.52. The van der Waals surface area contributed by atoms with E-state index in [9.17, 15) is 0 Å². The lowest BCUT2D eigenvalue weighted by molar-refractivity contribution is 0.0323. The number of ether oxygens (including phenoxy) is 1. The Kier molecular flexibility index (Phi) is 12.1. The summed E-state index contributed by atoms with van der Waals surface area (Å²) in [6.45, 7) is 13.6. The molecule has 3 unspecified atom stereocenters. The standard InChI is InChI=1S/C19H38N4O.HI/c1-4-17-7-6-8-18(13-17)22-19(20-5-2)21-14-16(3)15-23-9-11-24-12-10-23;/h16-18H,4-15H2,1-3H3,(H2,20,21,22);1H. The van der Waals surface area contributed by atoms with Crippen LogP contribution in [0.3, 0.4) is 0 Å². The van der Waals surface area contributed by atoms with E-state index in [-0.39, 0.29) is 24.0 Å². The molecule has 148 valence electrons. The van der Waals surface area contributed by atoms with E-state index < -0.39 is 0 Å². The molecule has 1 heterocycles. The van der Waals surface area contributed by atoms with E-state index in [2.05, 4.69) is 36.3 Å². The van der Waals surface area contributed by atoms with Gasteiger partial charge in [-0.05, 0) is 31.6 Å². The number of hydrogen-bond donors (Lipinski definition) is 2. The van der Waals surface area contributed by atoms with Crippen LogP contribution < -0.4 is 10.6 Å². The first-order valence-electron chi connectivity index (χ1n) is 10.1. The third kappa shape index (κ3) is 8.91. The molecule has 0 amide bonds. The monoisotopic (exact) mass is 466 g/mol. The molecular formula is C19H39IN4O. The molecule has 2 rings (SSSR count). The minimum atomic E-state index is 0. The van der Waals surface area contributed by atoms with Gasteiger partial charge in [-0.3, -0.25) is 9.89 Å². The summed E-state index contributed by atoms with van der Waals surface area (Å²) in [5.74, 6) is 2.47. The van der Waals surface area contributed by atoms with Crippen molar-refractivity contribution in [1.29, 1.82) is 0 Å². The average Bonchev–Trinajstić information content (AvgIpc) is 2.61. The molecule has 6 heteroatoms. The number of aliphatic imine (C=N–C) groups is 1. The van der Waals surface area contributed by atoms with Crippen LogP contribution in [0.25, 0.3) is 0 Å². The van der Waals surface area contributed by atoms with E-state index in [1.165, 1.54) is 32.1 Å². The molecule has 1 saturated carbocycles. The predicted octanol–water partition coefficient (Wildman–Crippen LogP) is 3.10. The Hall–Kier alpha value is -0.0800. The van der Waals surface area contributed by atoms with Gasteiger partial charge in [0.05, 0.1) is 13.2 Å². The van der Waals surface area contributed by atoms with Crippen molar-refractivity contribution in [3.8, 4) is 0 Å². The largest absolute Gasteiger partial charge is 0.379 e. The van der Waals surface area contributed by atoms with Crippen molar-refractivity contribution in [3.05, 3.63) is 0 Å². The summed E-state index contributed by atoms with van der Waals surface area (Å²) in [7, 11) is 0. The number of guanidine groups is 1. The van der Waals surface area contributed by atoms with Crippen LogP contribution >= 0.6 is 24.0 Å². The molecule has 1 saturated heterocycles. The third-order valence-corrected chi connectivity index (χ3v) is 5.28. The Morgan fingerprint density at radius 3 is 2.68 bits per heavy atom. The molecule has 2 aliphatic rings. The fourth-order valence-electron chi connectivity index (χ4n) is 3.84. The SMILES string of the molecule is CCNC(=NCC(C)CN1CCOCC1)NC1CCCC(CC)C1.I. The van der Waals surface area contributed by atoms with E-state index in [1.54, 1.807) is 0 Å². The van der Waals surface area contributed by atoms with Crippen molar-refractivity contribution in [3.63, 3.8) is 0 Å². The van der Waals surface area contributed by atoms with E-state index in [0.29, 0.717) is 12.0 Å². The number of hydrogen-bond acceptors (Lipinski definition) is 3. The summed E-state index contributed by atoms with van der Waals surface area (Å²) in [5, 5.41) is 7.11. The van der Waals surface area contributed by atoms with Crippen molar-refractivity contribution in [2.45, 2.75) is 58.9 Å². The summed E-state index contributed by atoms with van der Waals surface area (Å²) < 4.78 is 5.42. The molecule has 2 fully saturated rings. The molecule has 2 N–H and O–H groups in total.